The first-order valence-corrected chi connectivity index (χ1v) is 5.78. The van der Waals surface area contributed by atoms with Crippen LogP contribution in [0.15, 0.2) is 0 Å². The second-order valence-corrected chi connectivity index (χ2v) is 5.08. The zero-order valence-electron chi connectivity index (χ0n) is 11.3. The maximum absolute atomic E-state index is 5.42. The summed E-state index contributed by atoms with van der Waals surface area (Å²) in [5.74, 6) is 0. The zero-order valence-corrected chi connectivity index (χ0v) is 11.3. The molecular formula is C12H28N2O. The number of rotatable bonds is 8. The molecule has 0 spiro atoms. The first-order valence-electron chi connectivity index (χ1n) is 5.78. The number of nitrogens with one attached hydrogen (secondary N) is 1. The van der Waals surface area contributed by atoms with Gasteiger partial charge in [0.05, 0.1) is 5.60 Å². The van der Waals surface area contributed by atoms with E-state index in [0.717, 1.165) is 13.0 Å². The molecule has 3 heteroatoms. The Hall–Kier alpha value is -0.120. The summed E-state index contributed by atoms with van der Waals surface area (Å²) in [5.41, 5.74) is 0.00716. The van der Waals surface area contributed by atoms with Crippen molar-refractivity contribution in [1.29, 1.82) is 0 Å². The minimum Gasteiger partial charge on any atom is -0.379 e. The molecule has 0 heterocycles. The van der Waals surface area contributed by atoms with Crippen LogP contribution in [0.3, 0.4) is 0 Å². The maximum atomic E-state index is 5.42. The van der Waals surface area contributed by atoms with E-state index in [-0.39, 0.29) is 5.60 Å². The minimum atomic E-state index is 0.00716. The molecule has 1 unspecified atom stereocenters. The highest BCUT2D eigenvalue weighted by molar-refractivity contribution is 4.74. The van der Waals surface area contributed by atoms with Gasteiger partial charge in [-0.15, -0.1) is 0 Å². The van der Waals surface area contributed by atoms with E-state index in [0.29, 0.717) is 6.04 Å². The highest BCUT2D eigenvalue weighted by Gasteiger charge is 2.18. The first-order chi connectivity index (χ1) is 6.91. The molecule has 0 aliphatic carbocycles. The molecule has 0 radical (unpaired) electrons. The van der Waals surface area contributed by atoms with Gasteiger partial charge in [0.25, 0.3) is 0 Å². The molecule has 3 nitrogen and oxygen atoms in total. The van der Waals surface area contributed by atoms with Crippen LogP contribution in [-0.2, 0) is 4.74 Å². The van der Waals surface area contributed by atoms with E-state index >= 15 is 0 Å². The van der Waals surface area contributed by atoms with Crippen LogP contribution in [0.1, 0.15) is 33.1 Å². The SMILES string of the molecule is CNC(CCN(C)C)CCC(C)(C)OC. The molecule has 0 amide bonds. The van der Waals surface area contributed by atoms with Crippen molar-refractivity contribution < 1.29 is 4.74 Å². The smallest absolute Gasteiger partial charge is 0.0623 e. The van der Waals surface area contributed by atoms with Crippen LogP contribution in [0.25, 0.3) is 0 Å². The Morgan fingerprint density at radius 3 is 2.27 bits per heavy atom. The lowest BCUT2D eigenvalue weighted by Crippen LogP contribution is -2.32. The largest absolute Gasteiger partial charge is 0.379 e. The van der Waals surface area contributed by atoms with Crippen molar-refractivity contribution in [3.05, 3.63) is 0 Å². The number of hydrogen-bond acceptors (Lipinski definition) is 3. The summed E-state index contributed by atoms with van der Waals surface area (Å²) in [5, 5.41) is 3.37. The van der Waals surface area contributed by atoms with Crippen LogP contribution < -0.4 is 5.32 Å². The summed E-state index contributed by atoms with van der Waals surface area (Å²) in [7, 11) is 8.06. The van der Waals surface area contributed by atoms with Gasteiger partial charge in [-0.3, -0.25) is 0 Å². The van der Waals surface area contributed by atoms with Gasteiger partial charge in [0, 0.05) is 13.2 Å². The van der Waals surface area contributed by atoms with Gasteiger partial charge in [0.1, 0.15) is 0 Å². The molecule has 0 aromatic heterocycles. The quantitative estimate of drug-likeness (QED) is 0.669. The molecule has 0 fully saturated rings. The van der Waals surface area contributed by atoms with Crippen molar-refractivity contribution in [3.8, 4) is 0 Å². The predicted octanol–water partition coefficient (Wildman–Crippen LogP) is 1.73. The summed E-state index contributed by atoms with van der Waals surface area (Å²) >= 11 is 0. The third-order valence-corrected chi connectivity index (χ3v) is 2.98. The molecular weight excluding hydrogens is 188 g/mol. The Balaban J connectivity index is 3.79. The predicted molar refractivity (Wildman–Crippen MR) is 66.3 cm³/mol. The summed E-state index contributed by atoms with van der Waals surface area (Å²) in [6.45, 7) is 5.43. The van der Waals surface area contributed by atoms with Crippen molar-refractivity contribution in [3.63, 3.8) is 0 Å². The van der Waals surface area contributed by atoms with Crippen LogP contribution in [0.2, 0.25) is 0 Å². The Bertz CT molecular complexity index is 158. The molecule has 1 atom stereocenters. The van der Waals surface area contributed by atoms with Gasteiger partial charge in [-0.1, -0.05) is 0 Å². The van der Waals surface area contributed by atoms with Gasteiger partial charge >= 0.3 is 0 Å². The van der Waals surface area contributed by atoms with Crippen LogP contribution >= 0.6 is 0 Å². The first kappa shape index (κ1) is 14.9. The zero-order chi connectivity index (χ0) is 11.9. The summed E-state index contributed by atoms with van der Waals surface area (Å²) in [6.07, 6.45) is 3.47. The molecule has 0 aromatic carbocycles. The third-order valence-electron chi connectivity index (χ3n) is 2.98. The number of ether oxygens (including phenoxy) is 1. The normalized spacial score (nSPS) is 14.6. The van der Waals surface area contributed by atoms with Crippen molar-refractivity contribution in [1.82, 2.24) is 10.2 Å². The topological polar surface area (TPSA) is 24.5 Å². The van der Waals surface area contributed by atoms with E-state index in [1.165, 1.54) is 12.8 Å². The summed E-state index contributed by atoms with van der Waals surface area (Å²) in [4.78, 5) is 2.23. The van der Waals surface area contributed by atoms with Crippen molar-refractivity contribution in [2.45, 2.75) is 44.8 Å². The van der Waals surface area contributed by atoms with E-state index in [1.807, 2.05) is 7.05 Å². The molecule has 0 bridgehead atoms. The lowest BCUT2D eigenvalue weighted by Gasteiger charge is -2.26. The summed E-state index contributed by atoms with van der Waals surface area (Å²) < 4.78 is 5.42. The van der Waals surface area contributed by atoms with Crippen LogP contribution in [0, 0.1) is 0 Å². The van der Waals surface area contributed by atoms with Crippen LogP contribution in [0.5, 0.6) is 0 Å². The molecule has 15 heavy (non-hydrogen) atoms. The average Bonchev–Trinajstić information content (AvgIpc) is 2.18. The van der Waals surface area contributed by atoms with E-state index in [1.54, 1.807) is 7.11 Å². The molecule has 0 saturated heterocycles. The van der Waals surface area contributed by atoms with Gasteiger partial charge in [-0.25, -0.2) is 0 Å². The second kappa shape index (κ2) is 7.20. The number of nitrogens with zero attached hydrogens (tertiary/aromatic N) is 1. The summed E-state index contributed by atoms with van der Waals surface area (Å²) in [6, 6.07) is 0.599. The molecule has 0 saturated carbocycles. The molecule has 0 aliphatic heterocycles. The molecule has 1 N–H and O–H groups in total. The van der Waals surface area contributed by atoms with Gasteiger partial charge < -0.3 is 15.0 Å². The van der Waals surface area contributed by atoms with E-state index in [9.17, 15) is 0 Å². The Labute approximate surface area is 95.2 Å². The number of hydrogen-bond donors (Lipinski definition) is 1. The van der Waals surface area contributed by atoms with E-state index in [4.69, 9.17) is 4.74 Å². The van der Waals surface area contributed by atoms with Gasteiger partial charge in [0.2, 0.25) is 0 Å². The molecule has 0 aliphatic rings. The molecule has 0 rings (SSSR count). The molecule has 0 aromatic rings. The lowest BCUT2D eigenvalue weighted by molar-refractivity contribution is 0.0116. The fourth-order valence-electron chi connectivity index (χ4n) is 1.47. The van der Waals surface area contributed by atoms with E-state index < -0.39 is 0 Å². The monoisotopic (exact) mass is 216 g/mol. The average molecular weight is 216 g/mol. The Kier molecular flexibility index (Phi) is 7.14. The van der Waals surface area contributed by atoms with E-state index in [2.05, 4.69) is 38.2 Å². The second-order valence-electron chi connectivity index (χ2n) is 5.08. The Morgan fingerprint density at radius 2 is 1.87 bits per heavy atom. The highest BCUT2D eigenvalue weighted by Crippen LogP contribution is 2.17. The third kappa shape index (κ3) is 7.77. The lowest BCUT2D eigenvalue weighted by atomic mass is 9.97. The maximum Gasteiger partial charge on any atom is 0.0623 e. The van der Waals surface area contributed by atoms with Crippen molar-refractivity contribution in [2.75, 3.05) is 34.8 Å². The molecule has 92 valence electrons. The fourth-order valence-corrected chi connectivity index (χ4v) is 1.47. The minimum absolute atomic E-state index is 0.00716. The van der Waals surface area contributed by atoms with Crippen LogP contribution in [0.4, 0.5) is 0 Å². The highest BCUT2D eigenvalue weighted by atomic mass is 16.5. The van der Waals surface area contributed by atoms with Gasteiger partial charge in [-0.2, -0.15) is 0 Å². The standard InChI is InChI=1S/C12H28N2O/c1-12(2,15-6)9-7-11(13-3)8-10-14(4)5/h11,13H,7-10H2,1-6H3. The van der Waals surface area contributed by atoms with Crippen molar-refractivity contribution >= 4 is 0 Å². The number of methoxy groups -OCH3 is 1. The fraction of sp³-hybridized carbons (Fsp3) is 1.00. The van der Waals surface area contributed by atoms with Gasteiger partial charge in [-0.05, 0) is 60.8 Å². The van der Waals surface area contributed by atoms with Crippen molar-refractivity contribution in [2.24, 2.45) is 0 Å². The Morgan fingerprint density at radius 1 is 1.27 bits per heavy atom. The van der Waals surface area contributed by atoms with Crippen LogP contribution in [-0.4, -0.2) is 51.3 Å². The van der Waals surface area contributed by atoms with Gasteiger partial charge in [0.15, 0.2) is 0 Å².